The molecule has 2 aromatic heterocycles. The van der Waals surface area contributed by atoms with E-state index in [0.29, 0.717) is 12.2 Å². The highest BCUT2D eigenvalue weighted by Gasteiger charge is 2.26. The second-order valence-electron chi connectivity index (χ2n) is 5.46. The molecule has 3 rings (SSSR count). The van der Waals surface area contributed by atoms with Gasteiger partial charge in [0.1, 0.15) is 17.5 Å². The maximum atomic E-state index is 11.9. The molecular weight excluding hydrogens is 268 g/mol. The van der Waals surface area contributed by atoms with Crippen molar-refractivity contribution in [2.24, 2.45) is 0 Å². The molecule has 1 atom stereocenters. The standard InChI is InChI=1S/C15H18N4O2/c1-10(2)17-15(20)14-8-11-7-13(9-19(11)18-14)21-12-3-5-16-6-4-12/h3-6,8,10,13H,7,9H2,1-2H3,(H,17,20)/t13-/m0/s1. The average molecular weight is 286 g/mol. The fourth-order valence-electron chi connectivity index (χ4n) is 2.40. The monoisotopic (exact) mass is 286 g/mol. The number of hydrogen-bond acceptors (Lipinski definition) is 4. The minimum Gasteiger partial charge on any atom is -0.488 e. The lowest BCUT2D eigenvalue weighted by molar-refractivity contribution is 0.0936. The van der Waals surface area contributed by atoms with Crippen molar-refractivity contribution in [1.82, 2.24) is 20.1 Å². The quantitative estimate of drug-likeness (QED) is 0.923. The first-order valence-electron chi connectivity index (χ1n) is 7.06. The van der Waals surface area contributed by atoms with Crippen LogP contribution in [0.4, 0.5) is 0 Å². The predicted molar refractivity (Wildman–Crippen MR) is 77.2 cm³/mol. The van der Waals surface area contributed by atoms with E-state index in [1.54, 1.807) is 12.4 Å². The summed E-state index contributed by atoms with van der Waals surface area (Å²) in [4.78, 5) is 15.9. The molecular formula is C15H18N4O2. The molecule has 1 aliphatic heterocycles. The van der Waals surface area contributed by atoms with E-state index in [9.17, 15) is 4.79 Å². The maximum absolute atomic E-state index is 11.9. The Labute approximate surface area is 123 Å². The van der Waals surface area contributed by atoms with Gasteiger partial charge < -0.3 is 10.1 Å². The van der Waals surface area contributed by atoms with E-state index in [1.807, 2.05) is 36.7 Å². The van der Waals surface area contributed by atoms with Gasteiger partial charge >= 0.3 is 0 Å². The minimum absolute atomic E-state index is 0.0529. The molecule has 6 nitrogen and oxygen atoms in total. The summed E-state index contributed by atoms with van der Waals surface area (Å²) in [6.45, 7) is 4.52. The molecule has 3 heterocycles. The first-order chi connectivity index (χ1) is 10.1. The number of carbonyl (C=O) groups excluding carboxylic acids is 1. The van der Waals surface area contributed by atoms with Crippen LogP contribution in [-0.4, -0.2) is 32.8 Å². The molecule has 0 unspecified atom stereocenters. The molecule has 110 valence electrons. The highest BCUT2D eigenvalue weighted by molar-refractivity contribution is 5.92. The Morgan fingerprint density at radius 2 is 2.19 bits per heavy atom. The summed E-state index contributed by atoms with van der Waals surface area (Å²) >= 11 is 0. The number of fused-ring (bicyclic) bond motifs is 1. The second-order valence-corrected chi connectivity index (χ2v) is 5.46. The van der Waals surface area contributed by atoms with Crippen molar-refractivity contribution in [1.29, 1.82) is 0 Å². The van der Waals surface area contributed by atoms with Gasteiger partial charge in [-0.05, 0) is 32.0 Å². The zero-order valence-corrected chi connectivity index (χ0v) is 12.1. The molecule has 2 aromatic rings. The number of amides is 1. The number of pyridine rings is 1. The Balaban J connectivity index is 1.64. The third-order valence-electron chi connectivity index (χ3n) is 3.28. The fourth-order valence-corrected chi connectivity index (χ4v) is 2.40. The number of nitrogens with one attached hydrogen (secondary N) is 1. The number of aromatic nitrogens is 3. The summed E-state index contributed by atoms with van der Waals surface area (Å²) in [5.74, 6) is 0.678. The summed E-state index contributed by atoms with van der Waals surface area (Å²) in [6.07, 6.45) is 4.22. The second kappa shape index (κ2) is 5.55. The summed E-state index contributed by atoms with van der Waals surface area (Å²) in [6, 6.07) is 5.62. The molecule has 0 saturated carbocycles. The summed E-state index contributed by atoms with van der Waals surface area (Å²) in [7, 11) is 0. The van der Waals surface area contributed by atoms with Gasteiger partial charge in [0.2, 0.25) is 0 Å². The summed E-state index contributed by atoms with van der Waals surface area (Å²) in [5.41, 5.74) is 1.50. The zero-order chi connectivity index (χ0) is 14.8. The van der Waals surface area contributed by atoms with E-state index in [4.69, 9.17) is 4.74 Å². The predicted octanol–water partition coefficient (Wildman–Crippen LogP) is 1.42. The molecule has 1 amide bonds. The topological polar surface area (TPSA) is 69.0 Å². The van der Waals surface area contributed by atoms with Crippen LogP contribution >= 0.6 is 0 Å². The fraction of sp³-hybridized carbons (Fsp3) is 0.400. The molecule has 0 radical (unpaired) electrons. The van der Waals surface area contributed by atoms with Crippen LogP contribution in [0.2, 0.25) is 0 Å². The molecule has 1 aliphatic rings. The lowest BCUT2D eigenvalue weighted by atomic mass is 10.2. The van der Waals surface area contributed by atoms with Gasteiger partial charge in [0.15, 0.2) is 0 Å². The van der Waals surface area contributed by atoms with Crippen LogP contribution < -0.4 is 10.1 Å². The number of rotatable bonds is 4. The average Bonchev–Trinajstić information content (AvgIpc) is 2.97. The molecule has 21 heavy (non-hydrogen) atoms. The van der Waals surface area contributed by atoms with Crippen molar-refractivity contribution in [2.75, 3.05) is 0 Å². The SMILES string of the molecule is CC(C)NC(=O)c1cc2n(n1)C[C@@H](Oc1ccncc1)C2. The van der Waals surface area contributed by atoms with Crippen LogP contribution in [0.3, 0.4) is 0 Å². The molecule has 0 fully saturated rings. The van der Waals surface area contributed by atoms with Gasteiger partial charge in [0.25, 0.3) is 5.91 Å². The molecule has 1 N–H and O–H groups in total. The van der Waals surface area contributed by atoms with Gasteiger partial charge in [-0.3, -0.25) is 14.5 Å². The zero-order valence-electron chi connectivity index (χ0n) is 12.1. The minimum atomic E-state index is -0.126. The normalized spacial score (nSPS) is 16.8. The lowest BCUT2D eigenvalue weighted by Crippen LogP contribution is -2.30. The van der Waals surface area contributed by atoms with Crippen molar-refractivity contribution >= 4 is 5.91 Å². The van der Waals surface area contributed by atoms with Crippen LogP contribution in [0, 0.1) is 0 Å². The highest BCUT2D eigenvalue weighted by atomic mass is 16.5. The number of hydrogen-bond donors (Lipinski definition) is 1. The Morgan fingerprint density at radius 3 is 2.86 bits per heavy atom. The van der Waals surface area contributed by atoms with Crippen molar-refractivity contribution in [3.05, 3.63) is 42.0 Å². The first-order valence-corrected chi connectivity index (χ1v) is 7.06. The Kier molecular flexibility index (Phi) is 3.60. The van der Waals surface area contributed by atoms with Crippen LogP contribution in [0.1, 0.15) is 30.0 Å². The number of ether oxygens (including phenoxy) is 1. The van der Waals surface area contributed by atoms with Gasteiger partial charge in [0, 0.05) is 30.6 Å². The van der Waals surface area contributed by atoms with Crippen LogP contribution in [0.5, 0.6) is 5.75 Å². The third-order valence-corrected chi connectivity index (χ3v) is 3.28. The van der Waals surface area contributed by atoms with E-state index in [1.165, 1.54) is 0 Å². The smallest absolute Gasteiger partial charge is 0.271 e. The summed E-state index contributed by atoms with van der Waals surface area (Å²) < 4.78 is 7.73. The van der Waals surface area contributed by atoms with Crippen LogP contribution in [0.15, 0.2) is 30.6 Å². The third kappa shape index (κ3) is 3.04. The van der Waals surface area contributed by atoms with Gasteiger partial charge in [0.05, 0.1) is 6.54 Å². The molecule has 6 heteroatoms. The molecule has 0 bridgehead atoms. The summed E-state index contributed by atoms with van der Waals surface area (Å²) in [5, 5.41) is 7.19. The Bertz CT molecular complexity index is 613. The molecule has 0 saturated heterocycles. The first kappa shape index (κ1) is 13.6. The number of carbonyl (C=O) groups is 1. The molecule has 0 aliphatic carbocycles. The Morgan fingerprint density at radius 1 is 1.43 bits per heavy atom. The van der Waals surface area contributed by atoms with Crippen molar-refractivity contribution in [2.45, 2.75) is 39.0 Å². The van der Waals surface area contributed by atoms with E-state index < -0.39 is 0 Å². The van der Waals surface area contributed by atoms with Crippen LogP contribution in [0.25, 0.3) is 0 Å². The van der Waals surface area contributed by atoms with Gasteiger partial charge in [-0.1, -0.05) is 0 Å². The highest BCUT2D eigenvalue weighted by Crippen LogP contribution is 2.21. The van der Waals surface area contributed by atoms with Crippen molar-refractivity contribution < 1.29 is 9.53 Å². The molecule has 0 spiro atoms. The van der Waals surface area contributed by atoms with Crippen LogP contribution in [-0.2, 0) is 13.0 Å². The van der Waals surface area contributed by atoms with Crippen molar-refractivity contribution in [3.63, 3.8) is 0 Å². The van der Waals surface area contributed by atoms with Gasteiger partial charge in [-0.25, -0.2) is 0 Å². The lowest BCUT2D eigenvalue weighted by Gasteiger charge is -2.12. The van der Waals surface area contributed by atoms with E-state index in [2.05, 4.69) is 15.4 Å². The van der Waals surface area contributed by atoms with Gasteiger partial charge in [-0.15, -0.1) is 0 Å². The largest absolute Gasteiger partial charge is 0.488 e. The van der Waals surface area contributed by atoms with E-state index >= 15 is 0 Å². The molecule has 0 aromatic carbocycles. The van der Waals surface area contributed by atoms with E-state index in [-0.39, 0.29) is 18.1 Å². The number of nitrogens with zero attached hydrogens (tertiary/aromatic N) is 3. The Hall–Kier alpha value is -2.37. The van der Waals surface area contributed by atoms with E-state index in [0.717, 1.165) is 17.9 Å². The van der Waals surface area contributed by atoms with Crippen molar-refractivity contribution in [3.8, 4) is 5.75 Å². The van der Waals surface area contributed by atoms with Gasteiger partial charge in [-0.2, -0.15) is 5.10 Å². The maximum Gasteiger partial charge on any atom is 0.271 e.